The highest BCUT2D eigenvalue weighted by molar-refractivity contribution is 9.10. The topological polar surface area (TPSA) is 46.5 Å². The van der Waals surface area contributed by atoms with Crippen LogP contribution in [0.25, 0.3) is 5.57 Å². The first-order valence-electron chi connectivity index (χ1n) is 8.92. The lowest BCUT2D eigenvalue weighted by molar-refractivity contribution is -0.139. The van der Waals surface area contributed by atoms with Gasteiger partial charge in [0.05, 0.1) is 0 Å². The Bertz CT molecular complexity index is 1040. The molecule has 3 rings (SSSR count). The molecule has 154 valence electrons. The van der Waals surface area contributed by atoms with Crippen LogP contribution in [0.2, 0.25) is 10.0 Å². The first kappa shape index (κ1) is 22.8. The minimum atomic E-state index is -1.01. The van der Waals surface area contributed by atoms with Crippen molar-refractivity contribution in [3.05, 3.63) is 98.5 Å². The van der Waals surface area contributed by atoms with Crippen molar-refractivity contribution in [1.29, 1.82) is 0 Å². The number of carboxylic acids is 1. The number of benzene rings is 3. The summed E-state index contributed by atoms with van der Waals surface area (Å²) < 4.78 is 6.04. The zero-order valence-corrected chi connectivity index (χ0v) is 19.6. The molecule has 0 radical (unpaired) electrons. The van der Waals surface area contributed by atoms with Crippen molar-refractivity contribution >= 4 is 62.4 Å². The predicted molar refractivity (Wildman–Crippen MR) is 128 cm³/mol. The molecule has 1 N–H and O–H groups in total. The monoisotopic (exact) mass is 522 g/mol. The Morgan fingerprint density at radius 3 is 2.13 bits per heavy atom. The van der Waals surface area contributed by atoms with E-state index in [1.165, 1.54) is 0 Å². The van der Waals surface area contributed by atoms with E-state index in [1.54, 1.807) is 23.9 Å². The van der Waals surface area contributed by atoms with E-state index in [0.717, 1.165) is 26.1 Å². The summed E-state index contributed by atoms with van der Waals surface area (Å²) in [5.74, 6) is 0.165. The number of carbonyl (C=O) groups is 1. The lowest BCUT2D eigenvalue weighted by atomic mass is 9.98. The van der Waals surface area contributed by atoms with Gasteiger partial charge in [-0.3, -0.25) is 0 Å². The van der Waals surface area contributed by atoms with E-state index >= 15 is 0 Å². The second-order valence-electron chi connectivity index (χ2n) is 6.16. The Morgan fingerprint density at radius 2 is 1.60 bits per heavy atom. The third-order valence-corrected chi connectivity index (χ3v) is 6.70. The first-order chi connectivity index (χ1) is 14.5. The molecule has 30 heavy (non-hydrogen) atoms. The highest BCUT2D eigenvalue weighted by Gasteiger charge is 2.12. The Kier molecular flexibility index (Phi) is 8.28. The van der Waals surface area contributed by atoms with Crippen molar-refractivity contribution < 1.29 is 14.6 Å². The molecule has 3 aromatic rings. The first-order valence-corrected chi connectivity index (χ1v) is 11.5. The maximum absolute atomic E-state index is 10.6. The molecule has 0 saturated carbocycles. The molecule has 7 heteroatoms. The van der Waals surface area contributed by atoms with Crippen molar-refractivity contribution in [3.63, 3.8) is 0 Å². The minimum Gasteiger partial charge on any atom is -0.482 e. The maximum Gasteiger partial charge on any atom is 0.341 e. The SMILES string of the molecule is O=C(O)COc1ccc(SCC=C(c2ccccc2Cl)c2ccccc2Cl)c(Br)c1. The third kappa shape index (κ3) is 6.05. The molecule has 0 aromatic heterocycles. The molecular weight excluding hydrogens is 507 g/mol. The molecule has 0 heterocycles. The van der Waals surface area contributed by atoms with Crippen molar-refractivity contribution in [3.8, 4) is 5.75 Å². The van der Waals surface area contributed by atoms with Crippen molar-refractivity contribution in [2.45, 2.75) is 4.90 Å². The van der Waals surface area contributed by atoms with E-state index < -0.39 is 5.97 Å². The molecule has 0 atom stereocenters. The fourth-order valence-electron chi connectivity index (χ4n) is 2.77. The zero-order valence-electron chi connectivity index (χ0n) is 15.6. The van der Waals surface area contributed by atoms with Crippen LogP contribution in [0.5, 0.6) is 5.75 Å². The van der Waals surface area contributed by atoms with Crippen molar-refractivity contribution in [2.75, 3.05) is 12.4 Å². The van der Waals surface area contributed by atoms with Crippen LogP contribution in [0.15, 0.2) is 82.2 Å². The molecule has 0 saturated heterocycles. The summed E-state index contributed by atoms with van der Waals surface area (Å²) in [6, 6.07) is 20.8. The standard InChI is InChI=1S/C23H17BrCl2O3S/c24-19-13-15(29-14-23(27)28)9-10-22(19)30-12-11-16(17-5-1-3-7-20(17)25)18-6-2-4-8-21(18)26/h1-11,13H,12,14H2,(H,27,28). The number of hydrogen-bond acceptors (Lipinski definition) is 3. The number of carboxylic acid groups (broad SMARTS) is 1. The Labute approximate surface area is 197 Å². The minimum absolute atomic E-state index is 0.374. The zero-order chi connectivity index (χ0) is 21.5. The average molecular weight is 524 g/mol. The molecule has 3 aromatic carbocycles. The molecule has 0 aliphatic rings. The van der Waals surface area contributed by atoms with Crippen molar-refractivity contribution in [1.82, 2.24) is 0 Å². The van der Waals surface area contributed by atoms with E-state index in [1.807, 2.05) is 54.6 Å². The summed E-state index contributed by atoms with van der Waals surface area (Å²) in [5.41, 5.74) is 2.81. The number of ether oxygens (including phenoxy) is 1. The predicted octanol–water partition coefficient (Wildman–Crippen LogP) is 7.44. The quantitative estimate of drug-likeness (QED) is 0.311. The van der Waals surface area contributed by atoms with Gasteiger partial charge >= 0.3 is 5.97 Å². The summed E-state index contributed by atoms with van der Waals surface area (Å²) in [6.45, 7) is -0.374. The van der Waals surface area contributed by atoms with Gasteiger partial charge < -0.3 is 9.84 Å². The molecule has 0 fully saturated rings. The van der Waals surface area contributed by atoms with Crippen LogP contribution in [0.4, 0.5) is 0 Å². The fraction of sp³-hybridized carbons (Fsp3) is 0.0870. The van der Waals surface area contributed by atoms with Crippen LogP contribution >= 0.6 is 50.9 Å². The molecule has 3 nitrogen and oxygen atoms in total. The Hall–Kier alpha value is -1.92. The van der Waals surface area contributed by atoms with Gasteiger partial charge in [-0.2, -0.15) is 0 Å². The van der Waals surface area contributed by atoms with Gasteiger partial charge in [-0.05, 0) is 51.8 Å². The fourth-order valence-corrected chi connectivity index (χ4v) is 4.74. The number of thioether (sulfide) groups is 1. The molecule has 0 unspecified atom stereocenters. The summed E-state index contributed by atoms with van der Waals surface area (Å²) in [6.07, 6.45) is 2.11. The van der Waals surface area contributed by atoms with Gasteiger partial charge in [0.15, 0.2) is 6.61 Å². The van der Waals surface area contributed by atoms with E-state index in [2.05, 4.69) is 22.0 Å². The third-order valence-electron chi connectivity index (χ3n) is 4.12. The van der Waals surface area contributed by atoms with Crippen LogP contribution in [0, 0.1) is 0 Å². The van der Waals surface area contributed by atoms with E-state index in [-0.39, 0.29) is 6.61 Å². The van der Waals surface area contributed by atoms with Crippen LogP contribution in [0.1, 0.15) is 11.1 Å². The second-order valence-corrected chi connectivity index (χ2v) is 8.89. The highest BCUT2D eigenvalue weighted by Crippen LogP contribution is 2.35. The lowest BCUT2D eigenvalue weighted by Crippen LogP contribution is -2.09. The number of halogens is 3. The second kappa shape index (κ2) is 10.9. The maximum atomic E-state index is 10.6. The normalized spacial score (nSPS) is 10.5. The van der Waals surface area contributed by atoms with Gasteiger partial charge in [0.25, 0.3) is 0 Å². The average Bonchev–Trinajstić information content (AvgIpc) is 2.72. The van der Waals surface area contributed by atoms with Gasteiger partial charge in [-0.25, -0.2) is 4.79 Å². The highest BCUT2D eigenvalue weighted by atomic mass is 79.9. The molecule has 0 aliphatic carbocycles. The number of aliphatic carboxylic acids is 1. The summed E-state index contributed by atoms with van der Waals surface area (Å²) in [7, 11) is 0. The molecular formula is C23H17BrCl2O3S. The van der Waals surface area contributed by atoms with E-state index in [4.69, 9.17) is 33.0 Å². The van der Waals surface area contributed by atoms with Crippen LogP contribution in [-0.2, 0) is 4.79 Å². The molecule has 0 bridgehead atoms. The summed E-state index contributed by atoms with van der Waals surface area (Å²) in [4.78, 5) is 11.7. The van der Waals surface area contributed by atoms with Gasteiger partial charge in [-0.1, -0.05) is 65.7 Å². The Balaban J connectivity index is 1.83. The molecule has 0 spiro atoms. The molecule has 0 amide bonds. The van der Waals surface area contributed by atoms with Crippen LogP contribution in [0.3, 0.4) is 0 Å². The number of rotatable bonds is 8. The molecule has 0 aliphatic heterocycles. The lowest BCUT2D eigenvalue weighted by Gasteiger charge is -2.13. The largest absolute Gasteiger partial charge is 0.482 e. The van der Waals surface area contributed by atoms with E-state index in [9.17, 15) is 4.79 Å². The van der Waals surface area contributed by atoms with Crippen LogP contribution in [-0.4, -0.2) is 23.4 Å². The number of hydrogen-bond donors (Lipinski definition) is 1. The van der Waals surface area contributed by atoms with Gasteiger partial charge in [0, 0.05) is 36.3 Å². The van der Waals surface area contributed by atoms with Gasteiger partial charge in [-0.15, -0.1) is 11.8 Å². The summed E-state index contributed by atoms with van der Waals surface area (Å²) in [5, 5.41) is 10.1. The summed E-state index contributed by atoms with van der Waals surface area (Å²) >= 11 is 18.1. The van der Waals surface area contributed by atoms with Crippen LogP contribution < -0.4 is 4.74 Å². The Morgan fingerprint density at radius 1 is 1.00 bits per heavy atom. The van der Waals surface area contributed by atoms with Crippen molar-refractivity contribution in [2.24, 2.45) is 0 Å². The van der Waals surface area contributed by atoms with Gasteiger partial charge in [0.1, 0.15) is 5.75 Å². The smallest absolute Gasteiger partial charge is 0.341 e. The van der Waals surface area contributed by atoms with E-state index in [0.29, 0.717) is 21.5 Å². The van der Waals surface area contributed by atoms with Gasteiger partial charge in [0.2, 0.25) is 0 Å².